The number of halogens is 1. The van der Waals surface area contributed by atoms with Gasteiger partial charge in [0.05, 0.1) is 11.3 Å². The van der Waals surface area contributed by atoms with E-state index in [1.807, 2.05) is 74.2 Å². The Bertz CT molecular complexity index is 1180. The predicted octanol–water partition coefficient (Wildman–Crippen LogP) is 5.25. The molecule has 0 aromatic heterocycles. The lowest BCUT2D eigenvalue weighted by Crippen LogP contribution is -2.35. The lowest BCUT2D eigenvalue weighted by atomic mass is 10.0. The van der Waals surface area contributed by atoms with Gasteiger partial charge in [-0.25, -0.2) is 9.29 Å². The molecule has 1 aliphatic rings. The molecule has 0 fully saturated rings. The highest BCUT2D eigenvalue weighted by Crippen LogP contribution is 2.38. The van der Waals surface area contributed by atoms with Crippen molar-refractivity contribution < 1.29 is 14.0 Å². The van der Waals surface area contributed by atoms with Gasteiger partial charge in [-0.1, -0.05) is 42.5 Å². The third-order valence-electron chi connectivity index (χ3n) is 5.45. The van der Waals surface area contributed by atoms with Crippen LogP contribution in [0.5, 0.6) is 0 Å². The van der Waals surface area contributed by atoms with Crippen molar-refractivity contribution in [3.05, 3.63) is 101 Å². The summed E-state index contributed by atoms with van der Waals surface area (Å²) in [5, 5.41) is 0. The fourth-order valence-corrected chi connectivity index (χ4v) is 3.90. The molecule has 31 heavy (non-hydrogen) atoms. The fourth-order valence-electron chi connectivity index (χ4n) is 3.90. The normalized spacial score (nSPS) is 13.9. The maximum atomic E-state index is 13.7. The quantitative estimate of drug-likeness (QED) is 0.535. The molecule has 4 rings (SSSR count). The van der Waals surface area contributed by atoms with Crippen LogP contribution in [-0.4, -0.2) is 18.4 Å². The lowest BCUT2D eigenvalue weighted by molar-refractivity contribution is -0.120. The van der Waals surface area contributed by atoms with Gasteiger partial charge in [-0.2, -0.15) is 0 Å². The van der Waals surface area contributed by atoms with Crippen molar-refractivity contribution in [2.24, 2.45) is 0 Å². The molecule has 2 amide bonds. The zero-order valence-corrected chi connectivity index (χ0v) is 17.7. The van der Waals surface area contributed by atoms with Crippen LogP contribution in [-0.2, 0) is 9.59 Å². The average Bonchev–Trinajstić information content (AvgIpc) is 3.02. The minimum Gasteiger partial charge on any atom is -0.337 e. The Morgan fingerprint density at radius 3 is 2.19 bits per heavy atom. The summed E-state index contributed by atoms with van der Waals surface area (Å²) in [5.74, 6) is -1.19. The van der Waals surface area contributed by atoms with Crippen molar-refractivity contribution in [1.82, 2.24) is 0 Å². The monoisotopic (exact) mass is 414 g/mol. The number of hydrogen-bond donors (Lipinski definition) is 0. The number of carbonyl (C=O) groups is 2. The van der Waals surface area contributed by atoms with Gasteiger partial charge < -0.3 is 4.90 Å². The van der Waals surface area contributed by atoms with Crippen LogP contribution in [0, 0.1) is 19.7 Å². The highest BCUT2D eigenvalue weighted by atomic mass is 19.1. The van der Waals surface area contributed by atoms with E-state index in [0.717, 1.165) is 16.8 Å². The summed E-state index contributed by atoms with van der Waals surface area (Å²) < 4.78 is 13.6. The molecular weight excluding hydrogens is 391 g/mol. The van der Waals surface area contributed by atoms with Gasteiger partial charge in [-0.05, 0) is 67.8 Å². The van der Waals surface area contributed by atoms with Crippen LogP contribution in [0.3, 0.4) is 0 Å². The molecule has 5 heteroatoms. The SMILES string of the molecule is CCN(C1=C(c2ccc(F)cc2)C(=O)N(c2cc(C)ccc2C)C1=O)c1ccccc1. The second kappa shape index (κ2) is 8.19. The molecule has 0 bridgehead atoms. The Hall–Kier alpha value is -3.73. The number of hydrogen-bond acceptors (Lipinski definition) is 3. The molecule has 0 radical (unpaired) electrons. The zero-order chi connectivity index (χ0) is 22.1. The van der Waals surface area contributed by atoms with Gasteiger partial charge in [0.1, 0.15) is 11.5 Å². The number of nitrogens with zero attached hydrogens (tertiary/aromatic N) is 2. The number of anilines is 2. The van der Waals surface area contributed by atoms with Crippen LogP contribution in [0.15, 0.2) is 78.5 Å². The third-order valence-corrected chi connectivity index (χ3v) is 5.45. The number of carbonyl (C=O) groups excluding carboxylic acids is 2. The average molecular weight is 414 g/mol. The maximum absolute atomic E-state index is 13.7. The van der Waals surface area contributed by atoms with E-state index in [-0.39, 0.29) is 11.5 Å². The molecule has 0 aliphatic carbocycles. The van der Waals surface area contributed by atoms with Crippen molar-refractivity contribution in [3.63, 3.8) is 0 Å². The van der Waals surface area contributed by atoms with E-state index in [4.69, 9.17) is 0 Å². The van der Waals surface area contributed by atoms with Crippen molar-refractivity contribution in [2.75, 3.05) is 16.3 Å². The Kier molecular flexibility index (Phi) is 5.42. The number of imide groups is 1. The van der Waals surface area contributed by atoms with Crippen molar-refractivity contribution in [2.45, 2.75) is 20.8 Å². The Balaban J connectivity index is 1.93. The number of likely N-dealkylation sites (N-methyl/N-ethyl adjacent to an activating group) is 1. The molecule has 0 atom stereocenters. The van der Waals surface area contributed by atoms with E-state index in [0.29, 0.717) is 23.5 Å². The van der Waals surface area contributed by atoms with E-state index in [1.54, 1.807) is 12.1 Å². The topological polar surface area (TPSA) is 40.6 Å². The van der Waals surface area contributed by atoms with Crippen LogP contribution in [0.2, 0.25) is 0 Å². The standard InChI is InChI=1S/C26H23FN2O2/c1-4-28(21-8-6-5-7-9-21)24-23(19-12-14-20(27)15-13-19)25(30)29(26(24)31)22-16-17(2)10-11-18(22)3/h5-16H,4H2,1-3H3. The second-order valence-corrected chi connectivity index (χ2v) is 7.55. The second-order valence-electron chi connectivity index (χ2n) is 7.55. The minimum atomic E-state index is -0.408. The van der Waals surface area contributed by atoms with Gasteiger partial charge in [0.15, 0.2) is 0 Å². The van der Waals surface area contributed by atoms with Crippen LogP contribution < -0.4 is 9.80 Å². The molecular formula is C26H23FN2O2. The molecule has 0 spiro atoms. The minimum absolute atomic E-state index is 0.275. The molecule has 3 aromatic rings. The molecule has 3 aromatic carbocycles. The first-order valence-electron chi connectivity index (χ1n) is 10.2. The molecule has 1 aliphatic heterocycles. The Labute approximate surface area is 181 Å². The van der Waals surface area contributed by atoms with Gasteiger partial charge in [0, 0.05) is 12.2 Å². The summed E-state index contributed by atoms with van der Waals surface area (Å²) in [7, 11) is 0. The van der Waals surface area contributed by atoms with Gasteiger partial charge in [-0.3, -0.25) is 9.59 Å². The highest BCUT2D eigenvalue weighted by Gasteiger charge is 2.43. The highest BCUT2D eigenvalue weighted by molar-refractivity contribution is 6.46. The maximum Gasteiger partial charge on any atom is 0.282 e. The van der Waals surface area contributed by atoms with Crippen LogP contribution in [0.4, 0.5) is 15.8 Å². The molecule has 156 valence electrons. The zero-order valence-electron chi connectivity index (χ0n) is 17.7. The number of benzene rings is 3. The lowest BCUT2D eigenvalue weighted by Gasteiger charge is -2.25. The Morgan fingerprint density at radius 2 is 1.55 bits per heavy atom. The van der Waals surface area contributed by atoms with E-state index in [2.05, 4.69) is 0 Å². The summed E-state index contributed by atoms with van der Waals surface area (Å²) in [6, 6.07) is 20.9. The molecule has 0 saturated heterocycles. The first kappa shape index (κ1) is 20.5. The summed E-state index contributed by atoms with van der Waals surface area (Å²) in [6.45, 7) is 6.22. The van der Waals surface area contributed by atoms with Gasteiger partial charge in [0.25, 0.3) is 11.8 Å². The summed E-state index contributed by atoms with van der Waals surface area (Å²) in [5.41, 5.74) is 4.24. The van der Waals surface area contributed by atoms with Crippen molar-refractivity contribution in [3.8, 4) is 0 Å². The first-order valence-corrected chi connectivity index (χ1v) is 10.2. The smallest absolute Gasteiger partial charge is 0.282 e. The number of rotatable bonds is 5. The fraction of sp³-hybridized carbons (Fsp3) is 0.154. The van der Waals surface area contributed by atoms with Gasteiger partial charge in [-0.15, -0.1) is 0 Å². The molecule has 0 unspecified atom stereocenters. The third kappa shape index (κ3) is 3.63. The van der Waals surface area contributed by atoms with E-state index in [1.165, 1.54) is 17.0 Å². The summed E-state index contributed by atoms with van der Waals surface area (Å²) in [6.07, 6.45) is 0. The van der Waals surface area contributed by atoms with E-state index < -0.39 is 11.7 Å². The number of amides is 2. The van der Waals surface area contributed by atoms with Crippen LogP contribution >= 0.6 is 0 Å². The van der Waals surface area contributed by atoms with Crippen molar-refractivity contribution in [1.29, 1.82) is 0 Å². The summed E-state index contributed by atoms with van der Waals surface area (Å²) in [4.78, 5) is 30.5. The van der Waals surface area contributed by atoms with Gasteiger partial charge >= 0.3 is 0 Å². The van der Waals surface area contributed by atoms with Crippen LogP contribution in [0.1, 0.15) is 23.6 Å². The Morgan fingerprint density at radius 1 is 0.871 bits per heavy atom. The largest absolute Gasteiger partial charge is 0.337 e. The molecule has 0 saturated carbocycles. The van der Waals surface area contributed by atoms with E-state index in [9.17, 15) is 14.0 Å². The molecule has 4 nitrogen and oxygen atoms in total. The predicted molar refractivity (Wildman–Crippen MR) is 121 cm³/mol. The number of aryl methyl sites for hydroxylation is 2. The van der Waals surface area contributed by atoms with Crippen molar-refractivity contribution >= 4 is 28.8 Å². The molecule has 0 N–H and O–H groups in total. The summed E-state index contributed by atoms with van der Waals surface area (Å²) >= 11 is 0. The first-order chi connectivity index (χ1) is 14.9. The van der Waals surface area contributed by atoms with Crippen LogP contribution in [0.25, 0.3) is 5.57 Å². The van der Waals surface area contributed by atoms with E-state index >= 15 is 0 Å². The van der Waals surface area contributed by atoms with Gasteiger partial charge in [0.2, 0.25) is 0 Å². The molecule has 1 heterocycles. The number of para-hydroxylation sites is 1.